The second kappa shape index (κ2) is 4.79. The number of hydrogen-bond acceptors (Lipinski definition) is 4. The number of hydrazone groups is 1. The van der Waals surface area contributed by atoms with Gasteiger partial charge in [0, 0.05) is 0 Å². The van der Waals surface area contributed by atoms with E-state index < -0.39 is 0 Å². The van der Waals surface area contributed by atoms with Gasteiger partial charge in [-0.2, -0.15) is 10.1 Å². The van der Waals surface area contributed by atoms with Crippen LogP contribution in [0.5, 0.6) is 5.75 Å². The van der Waals surface area contributed by atoms with Crippen molar-refractivity contribution in [3.05, 3.63) is 42.0 Å². The fraction of sp³-hybridized carbons (Fsp3) is 0.421. The Labute approximate surface area is 140 Å². The number of carbonyl (C=O) groups excluding carboxylic acids is 2. The van der Waals surface area contributed by atoms with Crippen LogP contribution in [0.3, 0.4) is 0 Å². The third-order valence-electron chi connectivity index (χ3n) is 6.08. The minimum atomic E-state index is -0.190. The number of benzene rings is 1. The molecule has 1 aromatic rings. The first-order valence-electron chi connectivity index (χ1n) is 8.43. The van der Waals surface area contributed by atoms with Gasteiger partial charge in [-0.25, -0.2) is 0 Å². The van der Waals surface area contributed by atoms with E-state index >= 15 is 0 Å². The van der Waals surface area contributed by atoms with Gasteiger partial charge in [-0.15, -0.1) is 0 Å². The zero-order chi connectivity index (χ0) is 16.4. The number of allylic oxidation sites excluding steroid dienone is 2. The molecule has 24 heavy (non-hydrogen) atoms. The fourth-order valence-electron chi connectivity index (χ4n) is 4.87. The van der Waals surface area contributed by atoms with E-state index in [9.17, 15) is 9.59 Å². The molecule has 3 fully saturated rings. The number of methoxy groups -OCH3 is 1. The van der Waals surface area contributed by atoms with E-state index in [4.69, 9.17) is 4.74 Å². The van der Waals surface area contributed by atoms with E-state index in [1.807, 2.05) is 24.3 Å². The lowest BCUT2D eigenvalue weighted by atomic mass is 9.63. The van der Waals surface area contributed by atoms with Crippen molar-refractivity contribution < 1.29 is 14.3 Å². The summed E-state index contributed by atoms with van der Waals surface area (Å²) in [5.41, 5.74) is 0.829. The zero-order valence-electron chi connectivity index (χ0n) is 13.3. The van der Waals surface area contributed by atoms with Crippen molar-refractivity contribution in [2.75, 3.05) is 7.11 Å². The summed E-state index contributed by atoms with van der Waals surface area (Å²) in [6, 6.07) is 7.35. The number of ether oxygens (including phenoxy) is 1. The molecule has 0 aromatic heterocycles. The van der Waals surface area contributed by atoms with Crippen LogP contribution in [-0.2, 0) is 9.59 Å². The second-order valence-corrected chi connectivity index (χ2v) is 7.16. The van der Waals surface area contributed by atoms with E-state index in [-0.39, 0.29) is 35.5 Å². The number of nitrogens with zero attached hydrogens (tertiary/aromatic N) is 2. The first-order chi connectivity index (χ1) is 11.7. The highest BCUT2D eigenvalue weighted by Gasteiger charge is 2.67. The first-order valence-corrected chi connectivity index (χ1v) is 8.43. The van der Waals surface area contributed by atoms with Crippen LogP contribution in [0.25, 0.3) is 0 Å². The number of carbonyl (C=O) groups is 2. The highest BCUT2D eigenvalue weighted by molar-refractivity contribution is 6.06. The summed E-state index contributed by atoms with van der Waals surface area (Å²) in [6.07, 6.45) is 7.08. The Morgan fingerprint density at radius 1 is 1.04 bits per heavy atom. The number of imide groups is 1. The Hall–Kier alpha value is -2.43. The van der Waals surface area contributed by atoms with Crippen LogP contribution in [0.1, 0.15) is 12.0 Å². The largest absolute Gasteiger partial charge is 0.497 e. The molecule has 1 saturated heterocycles. The first kappa shape index (κ1) is 14.0. The van der Waals surface area contributed by atoms with Gasteiger partial charge in [-0.05, 0) is 59.9 Å². The summed E-state index contributed by atoms with van der Waals surface area (Å²) in [5.74, 6) is 1.83. The molecule has 6 rings (SSSR count). The standard InChI is InChI=1S/C19H18N2O3/c1-24-11-4-2-10(3-5-11)9-20-21-18(22)16-12-6-7-13(15-8-14(12)15)17(16)19(21)23/h2-7,9,12-17H,8H2,1H3/b20-9-/t12-,13-,14-,15+,16+,17+/m1/s1. The van der Waals surface area contributed by atoms with Crippen molar-refractivity contribution in [1.82, 2.24) is 5.01 Å². The molecule has 5 aliphatic rings. The molecule has 5 heteroatoms. The van der Waals surface area contributed by atoms with E-state index in [0.717, 1.165) is 16.3 Å². The van der Waals surface area contributed by atoms with Crippen LogP contribution in [0.15, 0.2) is 41.5 Å². The molecule has 1 heterocycles. The Balaban J connectivity index is 1.41. The number of amides is 2. The van der Waals surface area contributed by atoms with Crippen molar-refractivity contribution in [3.63, 3.8) is 0 Å². The van der Waals surface area contributed by atoms with E-state index in [2.05, 4.69) is 17.3 Å². The van der Waals surface area contributed by atoms with Crippen LogP contribution < -0.4 is 4.74 Å². The molecule has 4 aliphatic carbocycles. The third kappa shape index (κ3) is 1.78. The van der Waals surface area contributed by atoms with E-state index in [1.165, 1.54) is 6.42 Å². The lowest BCUT2D eigenvalue weighted by molar-refractivity contribution is -0.140. The van der Waals surface area contributed by atoms with Crippen molar-refractivity contribution in [3.8, 4) is 5.75 Å². The molecule has 1 aromatic carbocycles. The van der Waals surface area contributed by atoms with Gasteiger partial charge in [-0.3, -0.25) is 9.59 Å². The Morgan fingerprint density at radius 3 is 2.17 bits per heavy atom. The minimum absolute atomic E-state index is 0.125. The van der Waals surface area contributed by atoms with Gasteiger partial charge in [-0.1, -0.05) is 12.2 Å². The molecule has 2 amide bonds. The van der Waals surface area contributed by atoms with Gasteiger partial charge in [0.1, 0.15) is 5.75 Å². The SMILES string of the molecule is COc1ccc(/C=N\N2C(=O)[C@H]3[C@@H]4C=C[C@H]([C@@H]5C[C@H]45)[C@@H]3C2=O)cc1. The average molecular weight is 322 g/mol. The van der Waals surface area contributed by atoms with Gasteiger partial charge >= 0.3 is 0 Å². The maximum Gasteiger partial charge on any atom is 0.254 e. The number of rotatable bonds is 3. The van der Waals surface area contributed by atoms with Gasteiger partial charge < -0.3 is 4.74 Å². The summed E-state index contributed by atoms with van der Waals surface area (Å²) in [4.78, 5) is 25.5. The van der Waals surface area contributed by atoms with Gasteiger partial charge in [0.2, 0.25) is 0 Å². The zero-order valence-corrected chi connectivity index (χ0v) is 13.3. The third-order valence-corrected chi connectivity index (χ3v) is 6.08. The molecule has 0 radical (unpaired) electrons. The topological polar surface area (TPSA) is 59.0 Å². The maximum atomic E-state index is 12.8. The van der Waals surface area contributed by atoms with Crippen molar-refractivity contribution in [2.45, 2.75) is 6.42 Å². The molecule has 0 spiro atoms. The molecular weight excluding hydrogens is 304 g/mol. The monoisotopic (exact) mass is 322 g/mol. The molecule has 6 atom stereocenters. The molecule has 1 aliphatic heterocycles. The smallest absolute Gasteiger partial charge is 0.254 e. The van der Waals surface area contributed by atoms with Crippen molar-refractivity contribution >= 4 is 18.0 Å². The molecule has 0 unspecified atom stereocenters. The molecule has 2 saturated carbocycles. The second-order valence-electron chi connectivity index (χ2n) is 7.16. The van der Waals surface area contributed by atoms with Crippen LogP contribution in [0, 0.1) is 35.5 Å². The quantitative estimate of drug-likeness (QED) is 0.486. The summed E-state index contributed by atoms with van der Waals surface area (Å²) >= 11 is 0. The summed E-state index contributed by atoms with van der Waals surface area (Å²) < 4.78 is 5.12. The molecule has 0 N–H and O–H groups in total. The van der Waals surface area contributed by atoms with Gasteiger partial charge in [0.25, 0.3) is 11.8 Å². The minimum Gasteiger partial charge on any atom is -0.497 e. The lowest BCUT2D eigenvalue weighted by Crippen LogP contribution is -2.40. The normalized spacial score (nSPS) is 38.6. The molecule has 5 nitrogen and oxygen atoms in total. The van der Waals surface area contributed by atoms with Gasteiger partial charge in [0.15, 0.2) is 0 Å². The Bertz CT molecular complexity index is 746. The van der Waals surface area contributed by atoms with Gasteiger partial charge in [0.05, 0.1) is 25.2 Å². The average Bonchev–Trinajstić information content (AvgIpc) is 3.39. The highest BCUT2D eigenvalue weighted by atomic mass is 16.5. The summed E-state index contributed by atoms with van der Waals surface area (Å²) in [7, 11) is 1.61. The lowest BCUT2D eigenvalue weighted by Gasteiger charge is -2.37. The Kier molecular flexibility index (Phi) is 2.78. The molecule has 2 bridgehead atoms. The van der Waals surface area contributed by atoms with Crippen molar-refractivity contribution in [1.29, 1.82) is 0 Å². The van der Waals surface area contributed by atoms with Crippen LogP contribution in [0.2, 0.25) is 0 Å². The number of hydrogen-bond donors (Lipinski definition) is 0. The predicted molar refractivity (Wildman–Crippen MR) is 87.1 cm³/mol. The Morgan fingerprint density at radius 2 is 1.62 bits per heavy atom. The van der Waals surface area contributed by atoms with E-state index in [1.54, 1.807) is 13.3 Å². The van der Waals surface area contributed by atoms with Crippen LogP contribution in [-0.4, -0.2) is 30.1 Å². The molecular formula is C19H18N2O3. The fourth-order valence-corrected chi connectivity index (χ4v) is 4.87. The van der Waals surface area contributed by atoms with Crippen molar-refractivity contribution in [2.24, 2.45) is 40.6 Å². The van der Waals surface area contributed by atoms with Crippen LogP contribution >= 0.6 is 0 Å². The highest BCUT2D eigenvalue weighted by Crippen LogP contribution is 2.65. The summed E-state index contributed by atoms with van der Waals surface area (Å²) in [5, 5.41) is 5.32. The van der Waals surface area contributed by atoms with E-state index in [0.29, 0.717) is 11.8 Å². The molecule has 122 valence electrons. The summed E-state index contributed by atoms with van der Waals surface area (Å²) in [6.45, 7) is 0. The van der Waals surface area contributed by atoms with Crippen LogP contribution in [0.4, 0.5) is 0 Å². The maximum absolute atomic E-state index is 12.8. The predicted octanol–water partition coefficient (Wildman–Crippen LogP) is 2.08.